The lowest BCUT2D eigenvalue weighted by Gasteiger charge is -2.31. The van der Waals surface area contributed by atoms with E-state index in [-0.39, 0.29) is 0 Å². The van der Waals surface area contributed by atoms with E-state index in [1.807, 2.05) is 11.3 Å². The molecule has 0 bridgehead atoms. The number of aryl methyl sites for hydroxylation is 1. The van der Waals surface area contributed by atoms with Crippen LogP contribution in [0.3, 0.4) is 0 Å². The minimum atomic E-state index is 0.306. The summed E-state index contributed by atoms with van der Waals surface area (Å²) in [7, 11) is 2.16. The van der Waals surface area contributed by atoms with Crippen molar-refractivity contribution in [2.24, 2.45) is 0 Å². The molecule has 2 aromatic rings. The number of likely N-dealkylation sites (N-methyl/N-ethyl adjacent to an activating group) is 1. The summed E-state index contributed by atoms with van der Waals surface area (Å²) in [5.41, 5.74) is 1.41. The van der Waals surface area contributed by atoms with Crippen molar-refractivity contribution in [3.05, 3.63) is 34.7 Å². The van der Waals surface area contributed by atoms with Gasteiger partial charge in [-0.1, -0.05) is 18.2 Å². The number of nitrogens with zero attached hydrogens (tertiary/aromatic N) is 1. The SMILES string of the molecule is Cc1c(C(C)NCC2CN(C)CCO2)sc2ccccc12. The zero-order valence-corrected chi connectivity index (χ0v) is 13.9. The van der Waals surface area contributed by atoms with Gasteiger partial charge in [-0.25, -0.2) is 0 Å². The van der Waals surface area contributed by atoms with Gasteiger partial charge >= 0.3 is 0 Å². The van der Waals surface area contributed by atoms with Gasteiger partial charge in [0.2, 0.25) is 0 Å². The molecular weight excluding hydrogens is 280 g/mol. The van der Waals surface area contributed by atoms with E-state index in [4.69, 9.17) is 4.74 Å². The largest absolute Gasteiger partial charge is 0.374 e. The van der Waals surface area contributed by atoms with Crippen LogP contribution in [0, 0.1) is 6.92 Å². The molecule has 3 rings (SSSR count). The van der Waals surface area contributed by atoms with Gasteiger partial charge in [-0.05, 0) is 37.9 Å². The summed E-state index contributed by atoms with van der Waals surface area (Å²) < 4.78 is 7.20. The highest BCUT2D eigenvalue weighted by atomic mass is 32.1. The van der Waals surface area contributed by atoms with Crippen molar-refractivity contribution in [2.75, 3.05) is 33.3 Å². The van der Waals surface area contributed by atoms with Crippen LogP contribution in [0.15, 0.2) is 24.3 Å². The first-order chi connectivity index (χ1) is 10.1. The third kappa shape index (κ3) is 3.29. The molecule has 0 aliphatic carbocycles. The molecule has 1 aliphatic rings. The van der Waals surface area contributed by atoms with E-state index in [1.54, 1.807) is 0 Å². The van der Waals surface area contributed by atoms with Crippen LogP contribution in [0.1, 0.15) is 23.4 Å². The summed E-state index contributed by atoms with van der Waals surface area (Å²) in [6, 6.07) is 9.04. The van der Waals surface area contributed by atoms with Crippen molar-refractivity contribution < 1.29 is 4.74 Å². The Kier molecular flexibility index (Phi) is 4.60. The summed E-state index contributed by atoms with van der Waals surface area (Å²) in [5.74, 6) is 0. The number of rotatable bonds is 4. The lowest BCUT2D eigenvalue weighted by Crippen LogP contribution is -2.45. The fraction of sp³-hybridized carbons (Fsp3) is 0.529. The highest BCUT2D eigenvalue weighted by Crippen LogP contribution is 2.34. The predicted molar refractivity (Wildman–Crippen MR) is 90.2 cm³/mol. The maximum absolute atomic E-state index is 5.82. The summed E-state index contributed by atoms with van der Waals surface area (Å²) in [4.78, 5) is 3.78. The molecule has 0 spiro atoms. The average Bonchev–Trinajstić information content (AvgIpc) is 2.83. The predicted octanol–water partition coefficient (Wildman–Crippen LogP) is 3.19. The Bertz CT molecular complexity index is 610. The first-order valence-electron chi connectivity index (χ1n) is 7.66. The molecule has 0 amide bonds. The molecule has 2 heterocycles. The fourth-order valence-corrected chi connectivity index (χ4v) is 4.24. The van der Waals surface area contributed by atoms with Crippen LogP contribution in [-0.4, -0.2) is 44.3 Å². The van der Waals surface area contributed by atoms with Gasteiger partial charge in [-0.15, -0.1) is 11.3 Å². The first-order valence-corrected chi connectivity index (χ1v) is 8.48. The number of hydrogen-bond acceptors (Lipinski definition) is 4. The van der Waals surface area contributed by atoms with Crippen molar-refractivity contribution in [3.63, 3.8) is 0 Å². The maximum Gasteiger partial charge on any atom is 0.0826 e. The van der Waals surface area contributed by atoms with Crippen LogP contribution in [-0.2, 0) is 4.74 Å². The summed E-state index contributed by atoms with van der Waals surface area (Å²) >= 11 is 1.91. The van der Waals surface area contributed by atoms with Gasteiger partial charge in [0.15, 0.2) is 0 Å². The number of fused-ring (bicyclic) bond motifs is 1. The number of ether oxygens (including phenoxy) is 1. The van der Waals surface area contributed by atoms with E-state index in [2.05, 4.69) is 55.4 Å². The minimum Gasteiger partial charge on any atom is -0.374 e. The summed E-state index contributed by atoms with van der Waals surface area (Å²) in [6.45, 7) is 8.31. The Labute approximate surface area is 130 Å². The van der Waals surface area contributed by atoms with Crippen molar-refractivity contribution in [1.82, 2.24) is 10.2 Å². The van der Waals surface area contributed by atoms with E-state index in [0.29, 0.717) is 12.1 Å². The second-order valence-electron chi connectivity index (χ2n) is 5.97. The topological polar surface area (TPSA) is 24.5 Å². The number of morpholine rings is 1. The lowest BCUT2D eigenvalue weighted by molar-refractivity contribution is -0.0190. The van der Waals surface area contributed by atoms with Gasteiger partial charge in [-0.3, -0.25) is 0 Å². The number of nitrogens with one attached hydrogen (secondary N) is 1. The van der Waals surface area contributed by atoms with E-state index in [9.17, 15) is 0 Å². The Hall–Kier alpha value is -0.940. The molecule has 1 saturated heterocycles. The molecular formula is C17H24N2OS. The summed E-state index contributed by atoms with van der Waals surface area (Å²) in [5, 5.41) is 5.04. The Morgan fingerprint density at radius 1 is 1.43 bits per heavy atom. The molecule has 1 aromatic heterocycles. The second kappa shape index (κ2) is 6.44. The van der Waals surface area contributed by atoms with E-state index in [1.165, 1.54) is 20.5 Å². The van der Waals surface area contributed by atoms with Crippen LogP contribution in [0.4, 0.5) is 0 Å². The molecule has 1 N–H and O–H groups in total. The molecule has 0 radical (unpaired) electrons. The number of thiophene rings is 1. The van der Waals surface area contributed by atoms with Crippen LogP contribution >= 0.6 is 11.3 Å². The Morgan fingerprint density at radius 2 is 2.24 bits per heavy atom. The van der Waals surface area contributed by atoms with E-state index < -0.39 is 0 Å². The standard InChI is InChI=1S/C17H24N2OS/c1-12-15-6-4-5-7-16(15)21-17(12)13(2)18-10-14-11-19(3)8-9-20-14/h4-7,13-14,18H,8-11H2,1-3H3. The molecule has 3 nitrogen and oxygen atoms in total. The zero-order valence-electron chi connectivity index (χ0n) is 13.1. The zero-order chi connectivity index (χ0) is 14.8. The minimum absolute atomic E-state index is 0.306. The molecule has 2 unspecified atom stereocenters. The second-order valence-corrected chi connectivity index (χ2v) is 7.06. The van der Waals surface area contributed by atoms with Crippen LogP contribution < -0.4 is 5.32 Å². The normalized spacial score (nSPS) is 21.8. The molecule has 1 aromatic carbocycles. The highest BCUT2D eigenvalue weighted by Gasteiger charge is 2.20. The molecule has 1 aliphatic heterocycles. The highest BCUT2D eigenvalue weighted by molar-refractivity contribution is 7.19. The third-order valence-corrected chi connectivity index (χ3v) is 5.72. The number of hydrogen-bond donors (Lipinski definition) is 1. The van der Waals surface area contributed by atoms with Crippen molar-refractivity contribution in [2.45, 2.75) is 26.0 Å². The van der Waals surface area contributed by atoms with Crippen LogP contribution in [0.2, 0.25) is 0 Å². The molecule has 0 saturated carbocycles. The Morgan fingerprint density at radius 3 is 3.00 bits per heavy atom. The van der Waals surface area contributed by atoms with Crippen molar-refractivity contribution in [1.29, 1.82) is 0 Å². The van der Waals surface area contributed by atoms with Crippen LogP contribution in [0.25, 0.3) is 10.1 Å². The Balaban J connectivity index is 1.66. The quantitative estimate of drug-likeness (QED) is 0.939. The smallest absolute Gasteiger partial charge is 0.0826 e. The van der Waals surface area contributed by atoms with Crippen molar-refractivity contribution in [3.8, 4) is 0 Å². The molecule has 4 heteroatoms. The molecule has 21 heavy (non-hydrogen) atoms. The van der Waals surface area contributed by atoms with Gasteiger partial charge in [-0.2, -0.15) is 0 Å². The van der Waals surface area contributed by atoms with Crippen LogP contribution in [0.5, 0.6) is 0 Å². The van der Waals surface area contributed by atoms with Gasteiger partial charge in [0, 0.05) is 35.3 Å². The molecule has 114 valence electrons. The third-order valence-electron chi connectivity index (χ3n) is 4.27. The lowest BCUT2D eigenvalue weighted by atomic mass is 10.1. The molecule has 1 fully saturated rings. The monoisotopic (exact) mass is 304 g/mol. The summed E-state index contributed by atoms with van der Waals surface area (Å²) in [6.07, 6.45) is 0.306. The van der Waals surface area contributed by atoms with Gasteiger partial charge < -0.3 is 15.0 Å². The van der Waals surface area contributed by atoms with Gasteiger partial charge in [0.1, 0.15) is 0 Å². The average molecular weight is 304 g/mol. The van der Waals surface area contributed by atoms with E-state index >= 15 is 0 Å². The van der Waals surface area contributed by atoms with Gasteiger partial charge in [0.05, 0.1) is 12.7 Å². The fourth-order valence-electron chi connectivity index (χ4n) is 3.00. The van der Waals surface area contributed by atoms with Gasteiger partial charge in [0.25, 0.3) is 0 Å². The maximum atomic E-state index is 5.82. The first kappa shape index (κ1) is 15.0. The van der Waals surface area contributed by atoms with E-state index in [0.717, 1.165) is 26.2 Å². The van der Waals surface area contributed by atoms with Crippen molar-refractivity contribution >= 4 is 21.4 Å². The number of benzene rings is 1. The molecule has 2 atom stereocenters.